The quantitative estimate of drug-likeness (QED) is 0.744. The molecule has 7 nitrogen and oxygen atoms in total. The fourth-order valence-corrected chi connectivity index (χ4v) is 2.30. The van der Waals surface area contributed by atoms with Crippen molar-refractivity contribution < 1.29 is 9.84 Å². The molecule has 0 saturated heterocycles. The molecular formula is C11H15N5O2. The zero-order chi connectivity index (χ0) is 12.5. The number of hydrogen-bond donors (Lipinski definition) is 2. The van der Waals surface area contributed by atoms with Gasteiger partial charge >= 0.3 is 6.01 Å². The van der Waals surface area contributed by atoms with Crippen LogP contribution >= 0.6 is 0 Å². The molecule has 2 aromatic heterocycles. The van der Waals surface area contributed by atoms with Crippen molar-refractivity contribution in [2.24, 2.45) is 11.7 Å². The van der Waals surface area contributed by atoms with Crippen LogP contribution in [0, 0.1) is 5.92 Å². The Kier molecular flexibility index (Phi) is 2.85. The molecular weight excluding hydrogens is 234 g/mol. The molecule has 1 aliphatic rings. The number of aliphatic hydroxyl groups is 1. The molecule has 1 aliphatic carbocycles. The molecule has 3 rings (SSSR count). The van der Waals surface area contributed by atoms with Gasteiger partial charge < -0.3 is 14.4 Å². The van der Waals surface area contributed by atoms with Gasteiger partial charge in [0.15, 0.2) is 5.65 Å². The molecule has 18 heavy (non-hydrogen) atoms. The predicted molar refractivity (Wildman–Crippen MR) is 63.9 cm³/mol. The molecule has 2 heterocycles. The first-order valence-electron chi connectivity index (χ1n) is 5.95. The highest BCUT2D eigenvalue weighted by Crippen LogP contribution is 2.38. The number of aromatic nitrogens is 4. The van der Waals surface area contributed by atoms with Crippen LogP contribution in [0.4, 0.5) is 0 Å². The molecule has 1 fully saturated rings. The third kappa shape index (κ3) is 1.81. The van der Waals surface area contributed by atoms with Gasteiger partial charge in [0, 0.05) is 12.6 Å². The Morgan fingerprint density at radius 1 is 1.44 bits per heavy atom. The first-order valence-corrected chi connectivity index (χ1v) is 5.95. The summed E-state index contributed by atoms with van der Waals surface area (Å²) in [6, 6.07) is 0.623. The zero-order valence-corrected chi connectivity index (χ0v) is 9.86. The van der Waals surface area contributed by atoms with Crippen molar-refractivity contribution in [3.8, 4) is 6.01 Å². The van der Waals surface area contributed by atoms with Gasteiger partial charge in [0.1, 0.15) is 12.2 Å². The van der Waals surface area contributed by atoms with E-state index in [4.69, 9.17) is 15.6 Å². The maximum absolute atomic E-state index is 9.04. The third-order valence-electron chi connectivity index (χ3n) is 3.37. The molecule has 0 radical (unpaired) electrons. The Hall–Kier alpha value is -1.73. The molecule has 2 aromatic rings. The molecule has 0 spiro atoms. The summed E-state index contributed by atoms with van der Waals surface area (Å²) in [6.07, 6.45) is 5.31. The Morgan fingerprint density at radius 2 is 2.28 bits per heavy atom. The highest BCUT2D eigenvalue weighted by molar-refractivity contribution is 5.69. The SMILES string of the molecule is NCOc1ncc2ncn(C3CC(CO)C3)c2n1. The molecule has 96 valence electrons. The van der Waals surface area contributed by atoms with Gasteiger partial charge in [-0.05, 0) is 18.8 Å². The fourth-order valence-electron chi connectivity index (χ4n) is 2.30. The average Bonchev–Trinajstić information content (AvgIpc) is 2.72. The number of nitrogens with two attached hydrogens (primary N) is 1. The smallest absolute Gasteiger partial charge is 0.319 e. The summed E-state index contributed by atoms with van der Waals surface area (Å²) in [7, 11) is 0. The van der Waals surface area contributed by atoms with E-state index in [0.29, 0.717) is 12.0 Å². The zero-order valence-electron chi connectivity index (χ0n) is 9.86. The fraction of sp³-hybridized carbons (Fsp3) is 0.545. The van der Waals surface area contributed by atoms with Crippen molar-refractivity contribution in [1.82, 2.24) is 19.5 Å². The summed E-state index contributed by atoms with van der Waals surface area (Å²) in [5.74, 6) is 0.397. The van der Waals surface area contributed by atoms with E-state index in [1.807, 2.05) is 4.57 Å². The standard InChI is InChI=1S/C11H15N5O2/c12-5-18-11-13-3-9-10(15-11)16(6-14-9)8-1-7(2-8)4-17/h3,6-8,17H,1-2,4-5,12H2. The lowest BCUT2D eigenvalue weighted by atomic mass is 9.81. The van der Waals surface area contributed by atoms with E-state index in [1.165, 1.54) is 0 Å². The van der Waals surface area contributed by atoms with Crippen LogP contribution in [-0.2, 0) is 0 Å². The van der Waals surface area contributed by atoms with Crippen LogP contribution in [0.3, 0.4) is 0 Å². The van der Waals surface area contributed by atoms with Crippen LogP contribution in [0.15, 0.2) is 12.5 Å². The van der Waals surface area contributed by atoms with Gasteiger partial charge in [-0.1, -0.05) is 0 Å². The maximum Gasteiger partial charge on any atom is 0.319 e. The Labute approximate surface area is 104 Å². The average molecular weight is 249 g/mol. The molecule has 7 heteroatoms. The highest BCUT2D eigenvalue weighted by Gasteiger charge is 2.31. The molecule has 0 unspecified atom stereocenters. The monoisotopic (exact) mass is 249 g/mol. The highest BCUT2D eigenvalue weighted by atomic mass is 16.5. The Morgan fingerprint density at radius 3 is 3.00 bits per heavy atom. The summed E-state index contributed by atoms with van der Waals surface area (Å²) in [5.41, 5.74) is 6.80. The largest absolute Gasteiger partial charge is 0.448 e. The molecule has 0 aliphatic heterocycles. The van der Waals surface area contributed by atoms with E-state index in [-0.39, 0.29) is 19.3 Å². The van der Waals surface area contributed by atoms with Gasteiger partial charge in [-0.25, -0.2) is 9.97 Å². The van der Waals surface area contributed by atoms with Crippen LogP contribution in [0.25, 0.3) is 11.2 Å². The van der Waals surface area contributed by atoms with Crippen molar-refractivity contribution in [3.63, 3.8) is 0 Å². The minimum Gasteiger partial charge on any atom is -0.448 e. The third-order valence-corrected chi connectivity index (χ3v) is 3.37. The second-order valence-corrected chi connectivity index (χ2v) is 4.50. The number of fused-ring (bicyclic) bond motifs is 1. The minimum absolute atomic E-state index is 0.0512. The normalized spacial score (nSPS) is 23.0. The van der Waals surface area contributed by atoms with E-state index in [9.17, 15) is 0 Å². The van der Waals surface area contributed by atoms with Crippen molar-refractivity contribution >= 4 is 11.2 Å². The number of imidazole rings is 1. The van der Waals surface area contributed by atoms with Crippen molar-refractivity contribution in [2.75, 3.05) is 13.3 Å². The van der Waals surface area contributed by atoms with Crippen LogP contribution in [0.1, 0.15) is 18.9 Å². The van der Waals surface area contributed by atoms with E-state index < -0.39 is 0 Å². The van der Waals surface area contributed by atoms with Crippen LogP contribution in [0.5, 0.6) is 6.01 Å². The molecule has 0 bridgehead atoms. The van der Waals surface area contributed by atoms with Crippen LogP contribution in [0.2, 0.25) is 0 Å². The van der Waals surface area contributed by atoms with Crippen LogP contribution < -0.4 is 10.5 Å². The van der Waals surface area contributed by atoms with Gasteiger partial charge in [0.2, 0.25) is 0 Å². The van der Waals surface area contributed by atoms with E-state index in [2.05, 4.69) is 15.0 Å². The molecule has 0 atom stereocenters. The minimum atomic E-state index is 0.0512. The van der Waals surface area contributed by atoms with Gasteiger partial charge in [-0.2, -0.15) is 4.98 Å². The summed E-state index contributed by atoms with van der Waals surface area (Å²) >= 11 is 0. The van der Waals surface area contributed by atoms with E-state index >= 15 is 0 Å². The van der Waals surface area contributed by atoms with E-state index in [0.717, 1.165) is 24.0 Å². The first kappa shape index (κ1) is 11.4. The first-order chi connectivity index (χ1) is 8.81. The Balaban J connectivity index is 1.90. The number of aliphatic hydroxyl groups excluding tert-OH is 1. The summed E-state index contributed by atoms with van der Waals surface area (Å²) in [5, 5.41) is 9.04. The number of hydrogen-bond acceptors (Lipinski definition) is 6. The summed E-state index contributed by atoms with van der Waals surface area (Å²) in [4.78, 5) is 12.6. The summed E-state index contributed by atoms with van der Waals surface area (Å²) < 4.78 is 7.11. The number of ether oxygens (including phenoxy) is 1. The molecule has 0 aromatic carbocycles. The Bertz CT molecular complexity index is 549. The van der Waals surface area contributed by atoms with Crippen molar-refractivity contribution in [3.05, 3.63) is 12.5 Å². The van der Waals surface area contributed by atoms with Gasteiger partial charge in [-0.15, -0.1) is 0 Å². The predicted octanol–water partition coefficient (Wildman–Crippen LogP) is 0.0647. The number of nitrogens with zero attached hydrogens (tertiary/aromatic N) is 4. The van der Waals surface area contributed by atoms with Gasteiger partial charge in [-0.3, -0.25) is 5.73 Å². The van der Waals surface area contributed by atoms with Crippen molar-refractivity contribution in [1.29, 1.82) is 0 Å². The van der Waals surface area contributed by atoms with Crippen molar-refractivity contribution in [2.45, 2.75) is 18.9 Å². The van der Waals surface area contributed by atoms with E-state index in [1.54, 1.807) is 12.5 Å². The molecule has 3 N–H and O–H groups in total. The molecule has 1 saturated carbocycles. The molecule has 0 amide bonds. The lowest BCUT2D eigenvalue weighted by molar-refractivity contribution is 0.114. The lowest BCUT2D eigenvalue weighted by Gasteiger charge is -2.34. The number of rotatable bonds is 4. The maximum atomic E-state index is 9.04. The topological polar surface area (TPSA) is 99.1 Å². The van der Waals surface area contributed by atoms with Gasteiger partial charge in [0.05, 0.1) is 12.5 Å². The lowest BCUT2D eigenvalue weighted by Crippen LogP contribution is -2.28. The second-order valence-electron chi connectivity index (χ2n) is 4.50. The summed E-state index contributed by atoms with van der Waals surface area (Å²) in [6.45, 7) is 0.301. The second kappa shape index (κ2) is 4.51. The van der Waals surface area contributed by atoms with Gasteiger partial charge in [0.25, 0.3) is 0 Å². The van der Waals surface area contributed by atoms with Crippen LogP contribution in [-0.4, -0.2) is 38.0 Å².